The molecule has 0 saturated carbocycles. The quantitative estimate of drug-likeness (QED) is 0.766. The zero-order valence-corrected chi connectivity index (χ0v) is 16.8. The highest BCUT2D eigenvalue weighted by atomic mass is 16.1. The standard InChI is InChI=1S/C13H19NO.C11H14/c1-4-12-7-6-11(8-13(12)5-2)9-14-10(3)15;1-9-5-4-7-10-6-2-3-8-11(9)10/h6-8H,4-5,9H2,1-3H3,(H,14,15);2-3,6,8-9H,4-5,7H2,1H3. The molecular formula is C24H33NO. The molecule has 2 aromatic carbocycles. The molecule has 0 bridgehead atoms. The maximum atomic E-state index is 10.8. The van der Waals surface area contributed by atoms with Crippen LogP contribution in [0.5, 0.6) is 0 Å². The normalized spacial score (nSPS) is 15.5. The minimum Gasteiger partial charge on any atom is -0.352 e. The lowest BCUT2D eigenvalue weighted by atomic mass is 9.84. The van der Waals surface area contributed by atoms with Gasteiger partial charge in [0.1, 0.15) is 0 Å². The lowest BCUT2D eigenvalue weighted by Crippen LogP contribution is -2.19. The smallest absolute Gasteiger partial charge is 0.217 e. The highest BCUT2D eigenvalue weighted by Crippen LogP contribution is 2.30. The van der Waals surface area contributed by atoms with Crippen molar-refractivity contribution < 1.29 is 4.79 Å². The van der Waals surface area contributed by atoms with Gasteiger partial charge in [0.25, 0.3) is 0 Å². The molecule has 1 atom stereocenters. The Morgan fingerprint density at radius 2 is 1.81 bits per heavy atom. The van der Waals surface area contributed by atoms with Crippen LogP contribution in [0.3, 0.4) is 0 Å². The maximum Gasteiger partial charge on any atom is 0.217 e. The van der Waals surface area contributed by atoms with E-state index < -0.39 is 0 Å². The van der Waals surface area contributed by atoms with Gasteiger partial charge in [0.05, 0.1) is 0 Å². The summed E-state index contributed by atoms with van der Waals surface area (Å²) < 4.78 is 0. The van der Waals surface area contributed by atoms with E-state index in [1.807, 2.05) is 0 Å². The van der Waals surface area contributed by atoms with Gasteiger partial charge >= 0.3 is 0 Å². The van der Waals surface area contributed by atoms with E-state index in [0.717, 1.165) is 18.8 Å². The first kappa shape index (κ1) is 20.2. The van der Waals surface area contributed by atoms with Crippen molar-refractivity contribution in [3.8, 4) is 0 Å². The lowest BCUT2D eigenvalue weighted by Gasteiger charge is -2.21. The number of benzene rings is 2. The SMILES string of the molecule is CC1CCCc2ccccc21.CCc1ccc(CNC(C)=O)cc1CC. The van der Waals surface area contributed by atoms with Gasteiger partial charge in [-0.25, -0.2) is 0 Å². The van der Waals surface area contributed by atoms with Gasteiger partial charge in [0.2, 0.25) is 5.91 Å². The molecule has 0 aliphatic heterocycles. The van der Waals surface area contributed by atoms with E-state index in [0.29, 0.717) is 6.54 Å². The first-order chi connectivity index (χ1) is 12.5. The predicted molar refractivity (Wildman–Crippen MR) is 111 cm³/mol. The average Bonchev–Trinajstić information content (AvgIpc) is 2.67. The van der Waals surface area contributed by atoms with Crippen LogP contribution in [0.4, 0.5) is 0 Å². The zero-order valence-electron chi connectivity index (χ0n) is 16.8. The van der Waals surface area contributed by atoms with Gasteiger partial charge in [0.15, 0.2) is 0 Å². The Balaban J connectivity index is 0.000000195. The van der Waals surface area contributed by atoms with Gasteiger partial charge in [-0.1, -0.05) is 63.2 Å². The molecule has 0 aromatic heterocycles. The van der Waals surface area contributed by atoms with Crippen molar-refractivity contribution in [3.05, 3.63) is 70.3 Å². The van der Waals surface area contributed by atoms with Crippen LogP contribution < -0.4 is 5.32 Å². The second-order valence-electron chi connectivity index (χ2n) is 7.21. The van der Waals surface area contributed by atoms with Crippen molar-refractivity contribution >= 4 is 5.91 Å². The highest BCUT2D eigenvalue weighted by molar-refractivity contribution is 5.72. The Bertz CT molecular complexity index is 720. The average molecular weight is 352 g/mol. The minimum absolute atomic E-state index is 0.0209. The molecule has 0 spiro atoms. The molecule has 0 radical (unpaired) electrons. The molecule has 1 aliphatic rings. The third-order valence-corrected chi connectivity index (χ3v) is 5.24. The molecule has 1 aliphatic carbocycles. The molecule has 2 heteroatoms. The largest absolute Gasteiger partial charge is 0.352 e. The van der Waals surface area contributed by atoms with E-state index in [-0.39, 0.29) is 5.91 Å². The van der Waals surface area contributed by atoms with Crippen LogP contribution in [0.2, 0.25) is 0 Å². The van der Waals surface area contributed by atoms with E-state index >= 15 is 0 Å². The summed E-state index contributed by atoms with van der Waals surface area (Å²) in [4.78, 5) is 10.8. The molecule has 0 fully saturated rings. The first-order valence-corrected chi connectivity index (χ1v) is 9.98. The highest BCUT2D eigenvalue weighted by Gasteiger charge is 2.14. The second-order valence-corrected chi connectivity index (χ2v) is 7.21. The number of rotatable bonds is 4. The maximum absolute atomic E-state index is 10.8. The van der Waals surface area contributed by atoms with Gasteiger partial charge in [-0.05, 0) is 65.8 Å². The fourth-order valence-electron chi connectivity index (χ4n) is 3.69. The Kier molecular flexibility index (Phi) is 7.90. The van der Waals surface area contributed by atoms with Crippen molar-refractivity contribution in [1.29, 1.82) is 0 Å². The summed E-state index contributed by atoms with van der Waals surface area (Å²) in [6.07, 6.45) is 6.16. The van der Waals surface area contributed by atoms with Gasteiger partial charge in [-0.3, -0.25) is 4.79 Å². The summed E-state index contributed by atoms with van der Waals surface area (Å²) in [5.74, 6) is 0.813. The molecular weight excluding hydrogens is 318 g/mol. The fraction of sp³-hybridized carbons (Fsp3) is 0.458. The van der Waals surface area contributed by atoms with E-state index in [4.69, 9.17) is 0 Å². The number of hydrogen-bond donors (Lipinski definition) is 1. The van der Waals surface area contributed by atoms with E-state index in [9.17, 15) is 4.79 Å². The Labute approximate surface area is 159 Å². The van der Waals surface area contributed by atoms with E-state index in [1.54, 1.807) is 18.1 Å². The molecule has 140 valence electrons. The topological polar surface area (TPSA) is 29.1 Å². The fourth-order valence-corrected chi connectivity index (χ4v) is 3.69. The van der Waals surface area contributed by atoms with Crippen LogP contribution in [0.1, 0.15) is 74.3 Å². The number of hydrogen-bond acceptors (Lipinski definition) is 1. The lowest BCUT2D eigenvalue weighted by molar-refractivity contribution is -0.119. The van der Waals surface area contributed by atoms with Crippen molar-refractivity contribution in [3.63, 3.8) is 0 Å². The molecule has 0 heterocycles. The summed E-state index contributed by atoms with van der Waals surface area (Å²) in [5.41, 5.74) is 7.13. The van der Waals surface area contributed by atoms with Crippen LogP contribution in [-0.2, 0) is 30.6 Å². The van der Waals surface area contributed by atoms with Gasteiger partial charge in [0, 0.05) is 13.5 Å². The number of nitrogens with one attached hydrogen (secondary N) is 1. The third-order valence-electron chi connectivity index (χ3n) is 5.24. The molecule has 26 heavy (non-hydrogen) atoms. The summed E-state index contributed by atoms with van der Waals surface area (Å²) in [6.45, 7) is 8.84. The van der Waals surface area contributed by atoms with Gasteiger partial charge < -0.3 is 5.32 Å². The van der Waals surface area contributed by atoms with Crippen molar-refractivity contribution in [2.45, 2.75) is 72.3 Å². The predicted octanol–water partition coefficient (Wildman–Crippen LogP) is 5.57. The van der Waals surface area contributed by atoms with Crippen molar-refractivity contribution in [1.82, 2.24) is 5.32 Å². The minimum atomic E-state index is 0.0209. The molecule has 1 amide bonds. The van der Waals surface area contributed by atoms with Crippen LogP contribution in [-0.4, -0.2) is 5.91 Å². The number of amides is 1. The Morgan fingerprint density at radius 1 is 1.08 bits per heavy atom. The van der Waals surface area contributed by atoms with Crippen molar-refractivity contribution in [2.24, 2.45) is 0 Å². The van der Waals surface area contributed by atoms with E-state index in [1.165, 1.54) is 36.0 Å². The monoisotopic (exact) mass is 351 g/mol. The second kappa shape index (κ2) is 10.2. The van der Waals surface area contributed by atoms with Crippen molar-refractivity contribution in [2.75, 3.05) is 0 Å². The summed E-state index contributed by atoms with van der Waals surface area (Å²) in [5, 5.41) is 2.81. The van der Waals surface area contributed by atoms with Crippen LogP contribution in [0.15, 0.2) is 42.5 Å². The van der Waals surface area contributed by atoms with Gasteiger partial charge in [-0.2, -0.15) is 0 Å². The zero-order chi connectivity index (χ0) is 18.9. The Hall–Kier alpha value is -2.09. The van der Waals surface area contributed by atoms with Crippen LogP contribution in [0.25, 0.3) is 0 Å². The molecule has 1 unspecified atom stereocenters. The molecule has 0 saturated heterocycles. The number of fused-ring (bicyclic) bond motifs is 1. The first-order valence-electron chi connectivity index (χ1n) is 9.98. The Morgan fingerprint density at radius 3 is 2.46 bits per heavy atom. The van der Waals surface area contributed by atoms with E-state index in [2.05, 4.69) is 68.6 Å². The summed E-state index contributed by atoms with van der Waals surface area (Å²) in [7, 11) is 0. The van der Waals surface area contributed by atoms with Crippen LogP contribution in [0, 0.1) is 0 Å². The molecule has 2 nitrogen and oxygen atoms in total. The molecule has 2 aromatic rings. The number of carbonyl (C=O) groups excluding carboxylic acids is 1. The summed E-state index contributed by atoms with van der Waals surface area (Å²) >= 11 is 0. The number of carbonyl (C=O) groups is 1. The molecule has 1 N–H and O–H groups in total. The summed E-state index contributed by atoms with van der Waals surface area (Å²) in [6, 6.07) is 15.3. The van der Waals surface area contributed by atoms with Gasteiger partial charge in [-0.15, -0.1) is 0 Å². The van der Waals surface area contributed by atoms with Crippen LogP contribution >= 0.6 is 0 Å². The number of aryl methyl sites for hydroxylation is 3. The third kappa shape index (κ3) is 5.72. The molecule has 3 rings (SSSR count).